The monoisotopic (exact) mass is 366 g/mol. The van der Waals surface area contributed by atoms with Gasteiger partial charge >= 0.3 is 0 Å². The van der Waals surface area contributed by atoms with Crippen molar-refractivity contribution in [2.75, 3.05) is 33.2 Å². The quantitative estimate of drug-likeness (QED) is 0.600. The summed E-state index contributed by atoms with van der Waals surface area (Å²) in [5.41, 5.74) is 0.0800. The first-order chi connectivity index (χ1) is 12.5. The van der Waals surface area contributed by atoms with Crippen molar-refractivity contribution in [3.05, 3.63) is 35.4 Å². The molecule has 1 amide bonds. The lowest BCUT2D eigenvalue weighted by Crippen LogP contribution is -2.46. The summed E-state index contributed by atoms with van der Waals surface area (Å²) in [6.45, 7) is 4.68. The van der Waals surface area contributed by atoms with E-state index in [-0.39, 0.29) is 17.9 Å². The van der Waals surface area contributed by atoms with E-state index in [2.05, 4.69) is 20.5 Å². The molecular weight excluding hydrogens is 338 g/mol. The molecule has 26 heavy (non-hydrogen) atoms. The van der Waals surface area contributed by atoms with E-state index in [1.807, 2.05) is 6.92 Å². The van der Waals surface area contributed by atoms with E-state index in [0.29, 0.717) is 18.9 Å². The smallest absolute Gasteiger partial charge is 0.220 e. The molecule has 1 aromatic rings. The number of likely N-dealkylation sites (tertiary alicyclic amines) is 1. The number of carbonyl (C=O) groups is 1. The van der Waals surface area contributed by atoms with E-state index in [9.17, 15) is 13.6 Å². The van der Waals surface area contributed by atoms with Crippen LogP contribution in [0.5, 0.6) is 0 Å². The van der Waals surface area contributed by atoms with Crippen LogP contribution in [-0.4, -0.2) is 50.0 Å². The second-order valence-corrected chi connectivity index (χ2v) is 6.49. The third kappa shape index (κ3) is 5.68. The Hall–Kier alpha value is -2.18. The highest BCUT2D eigenvalue weighted by Crippen LogP contribution is 2.20. The van der Waals surface area contributed by atoms with Crippen molar-refractivity contribution in [1.82, 2.24) is 15.5 Å². The summed E-state index contributed by atoms with van der Waals surface area (Å²) < 4.78 is 27.4. The van der Waals surface area contributed by atoms with Gasteiger partial charge in [0.25, 0.3) is 0 Å². The van der Waals surface area contributed by atoms with Crippen LogP contribution in [0, 0.1) is 17.6 Å². The zero-order valence-corrected chi connectivity index (χ0v) is 15.5. The Labute approximate surface area is 153 Å². The summed E-state index contributed by atoms with van der Waals surface area (Å²) in [7, 11) is 1.66. The van der Waals surface area contributed by atoms with Crippen molar-refractivity contribution in [1.29, 1.82) is 0 Å². The first-order valence-corrected chi connectivity index (χ1v) is 9.21. The number of nitrogens with zero attached hydrogens (tertiary/aromatic N) is 2. The maximum Gasteiger partial charge on any atom is 0.220 e. The number of benzene rings is 1. The van der Waals surface area contributed by atoms with E-state index >= 15 is 0 Å². The summed E-state index contributed by atoms with van der Waals surface area (Å²) in [5, 5.41) is 5.91. The van der Waals surface area contributed by atoms with Gasteiger partial charge in [0.2, 0.25) is 5.91 Å². The number of hydrogen-bond acceptors (Lipinski definition) is 2. The van der Waals surface area contributed by atoms with Gasteiger partial charge in [0.15, 0.2) is 5.96 Å². The van der Waals surface area contributed by atoms with Crippen LogP contribution < -0.4 is 10.6 Å². The molecule has 0 aromatic heterocycles. The SMILES string of the molecule is CCNC(=NCCc1c(F)cccc1F)N1CCC(CC(=O)NC)CC1. The van der Waals surface area contributed by atoms with E-state index in [1.165, 1.54) is 18.2 Å². The summed E-state index contributed by atoms with van der Waals surface area (Å²) >= 11 is 0. The van der Waals surface area contributed by atoms with Gasteiger partial charge in [0, 0.05) is 45.2 Å². The highest BCUT2D eigenvalue weighted by molar-refractivity contribution is 5.80. The minimum atomic E-state index is -0.528. The molecule has 1 fully saturated rings. The maximum atomic E-state index is 13.7. The zero-order valence-electron chi connectivity index (χ0n) is 15.5. The van der Waals surface area contributed by atoms with Crippen LogP contribution in [0.2, 0.25) is 0 Å². The lowest BCUT2D eigenvalue weighted by Gasteiger charge is -2.34. The number of carbonyl (C=O) groups excluding carboxylic acids is 1. The molecule has 1 heterocycles. The molecule has 1 aromatic carbocycles. The Bertz CT molecular complexity index is 608. The van der Waals surface area contributed by atoms with Gasteiger partial charge in [-0.2, -0.15) is 0 Å². The van der Waals surface area contributed by atoms with E-state index in [0.717, 1.165) is 38.4 Å². The molecule has 0 aliphatic carbocycles. The highest BCUT2D eigenvalue weighted by atomic mass is 19.1. The zero-order chi connectivity index (χ0) is 18.9. The van der Waals surface area contributed by atoms with Crippen LogP contribution in [0.15, 0.2) is 23.2 Å². The second kappa shape index (κ2) is 10.1. The van der Waals surface area contributed by atoms with Crippen LogP contribution in [0.25, 0.3) is 0 Å². The number of halogens is 2. The van der Waals surface area contributed by atoms with Gasteiger partial charge in [-0.15, -0.1) is 0 Å². The molecule has 0 spiro atoms. The van der Waals surface area contributed by atoms with E-state index in [4.69, 9.17) is 0 Å². The van der Waals surface area contributed by atoms with Crippen molar-refractivity contribution in [3.63, 3.8) is 0 Å². The van der Waals surface area contributed by atoms with Gasteiger partial charge in [0.1, 0.15) is 11.6 Å². The molecule has 0 unspecified atom stereocenters. The normalized spacial score (nSPS) is 15.8. The molecule has 7 heteroatoms. The Morgan fingerprint density at radius 2 is 1.92 bits per heavy atom. The molecule has 1 aliphatic rings. The van der Waals surface area contributed by atoms with E-state index < -0.39 is 11.6 Å². The Balaban J connectivity index is 1.92. The number of piperidine rings is 1. The molecule has 0 atom stereocenters. The average molecular weight is 366 g/mol. The molecule has 1 saturated heterocycles. The Morgan fingerprint density at radius 3 is 2.50 bits per heavy atom. The van der Waals surface area contributed by atoms with Crippen molar-refractivity contribution in [2.24, 2.45) is 10.9 Å². The Kier molecular flexibility index (Phi) is 7.81. The number of rotatable bonds is 6. The fraction of sp³-hybridized carbons (Fsp3) is 0.579. The third-order valence-electron chi connectivity index (χ3n) is 4.69. The van der Waals surface area contributed by atoms with Crippen molar-refractivity contribution in [3.8, 4) is 0 Å². The van der Waals surface area contributed by atoms with Crippen molar-refractivity contribution >= 4 is 11.9 Å². The number of nitrogens with one attached hydrogen (secondary N) is 2. The molecule has 2 rings (SSSR count). The molecule has 0 bridgehead atoms. The number of amides is 1. The fourth-order valence-corrected chi connectivity index (χ4v) is 3.18. The van der Waals surface area contributed by atoms with Crippen LogP contribution in [0.3, 0.4) is 0 Å². The van der Waals surface area contributed by atoms with Crippen LogP contribution >= 0.6 is 0 Å². The number of aliphatic imine (C=N–C) groups is 1. The maximum absolute atomic E-state index is 13.7. The van der Waals surface area contributed by atoms with Crippen LogP contribution in [-0.2, 0) is 11.2 Å². The molecule has 0 radical (unpaired) electrons. The van der Waals surface area contributed by atoms with E-state index in [1.54, 1.807) is 7.05 Å². The lowest BCUT2D eigenvalue weighted by molar-refractivity contribution is -0.121. The number of guanidine groups is 1. The summed E-state index contributed by atoms with van der Waals surface area (Å²) in [6, 6.07) is 3.90. The van der Waals surface area contributed by atoms with Gasteiger partial charge in [0.05, 0.1) is 0 Å². The number of hydrogen-bond donors (Lipinski definition) is 2. The topological polar surface area (TPSA) is 56.7 Å². The minimum absolute atomic E-state index is 0.0796. The summed E-state index contributed by atoms with van der Waals surface area (Å²) in [4.78, 5) is 18.2. The summed E-state index contributed by atoms with van der Waals surface area (Å²) in [5.74, 6) is 0.181. The fourth-order valence-electron chi connectivity index (χ4n) is 3.18. The molecule has 144 valence electrons. The van der Waals surface area contributed by atoms with Gasteiger partial charge < -0.3 is 15.5 Å². The third-order valence-corrected chi connectivity index (χ3v) is 4.69. The highest BCUT2D eigenvalue weighted by Gasteiger charge is 2.23. The van der Waals surface area contributed by atoms with Crippen molar-refractivity contribution in [2.45, 2.75) is 32.6 Å². The van der Waals surface area contributed by atoms with Crippen molar-refractivity contribution < 1.29 is 13.6 Å². The van der Waals surface area contributed by atoms with Crippen LogP contribution in [0.4, 0.5) is 8.78 Å². The van der Waals surface area contributed by atoms with Gasteiger partial charge in [-0.3, -0.25) is 9.79 Å². The first-order valence-electron chi connectivity index (χ1n) is 9.21. The molecule has 5 nitrogen and oxygen atoms in total. The van der Waals surface area contributed by atoms with Crippen LogP contribution in [0.1, 0.15) is 31.7 Å². The molecule has 1 aliphatic heterocycles. The minimum Gasteiger partial charge on any atom is -0.359 e. The standard InChI is InChI=1S/C19H28F2N4O/c1-3-23-19(24-10-7-15-16(20)5-4-6-17(15)21)25-11-8-14(9-12-25)13-18(26)22-2/h4-6,14H,3,7-13H2,1-2H3,(H,22,26)(H,23,24). The largest absolute Gasteiger partial charge is 0.359 e. The van der Waals surface area contributed by atoms with Gasteiger partial charge in [-0.1, -0.05) is 6.07 Å². The summed E-state index contributed by atoms with van der Waals surface area (Å²) in [6.07, 6.45) is 2.64. The predicted octanol–water partition coefficient (Wildman–Crippen LogP) is 2.32. The van der Waals surface area contributed by atoms with Gasteiger partial charge in [-0.25, -0.2) is 8.78 Å². The Morgan fingerprint density at radius 1 is 1.27 bits per heavy atom. The van der Waals surface area contributed by atoms with Gasteiger partial charge in [-0.05, 0) is 44.2 Å². The molecule has 0 saturated carbocycles. The predicted molar refractivity (Wildman–Crippen MR) is 99.0 cm³/mol. The average Bonchev–Trinajstić information content (AvgIpc) is 2.64. The molecular formula is C19H28F2N4O. The first kappa shape index (κ1) is 20.1. The second-order valence-electron chi connectivity index (χ2n) is 6.49. The lowest BCUT2D eigenvalue weighted by atomic mass is 9.93. The molecule has 2 N–H and O–H groups in total.